The van der Waals surface area contributed by atoms with E-state index in [9.17, 15) is 13.2 Å². The number of unbranched alkanes of at least 4 members (excludes halogenated alkanes) is 1. The predicted molar refractivity (Wildman–Crippen MR) is 146 cm³/mol. The average Bonchev–Trinajstić information content (AvgIpc) is 2.88. The van der Waals surface area contributed by atoms with E-state index in [1.54, 1.807) is 37.0 Å². The molecule has 190 valence electrons. The van der Waals surface area contributed by atoms with Crippen LogP contribution in [0.25, 0.3) is 0 Å². The number of aryl methyl sites for hydroxylation is 1. The molecular formula is C29H33NO4S2. The first-order valence-electron chi connectivity index (χ1n) is 12.1. The van der Waals surface area contributed by atoms with Gasteiger partial charge in [-0.25, -0.2) is 8.42 Å². The minimum atomic E-state index is -3.79. The molecule has 0 aliphatic heterocycles. The summed E-state index contributed by atoms with van der Waals surface area (Å²) in [5.41, 5.74) is 1.90. The molecule has 3 rings (SSSR count). The van der Waals surface area contributed by atoms with Crippen molar-refractivity contribution < 1.29 is 17.9 Å². The molecule has 0 bridgehead atoms. The fourth-order valence-electron chi connectivity index (χ4n) is 3.55. The number of hydrogen-bond acceptors (Lipinski definition) is 5. The molecule has 0 unspecified atom stereocenters. The zero-order valence-corrected chi connectivity index (χ0v) is 22.4. The fraction of sp³-hybridized carbons (Fsp3) is 0.276. The highest BCUT2D eigenvalue weighted by Crippen LogP contribution is 2.32. The SMILES string of the molecule is CCOC(=O)CCCC/C(=C/N(Cc1ccccc1)S(=O)(=O)c1ccc(C)cc1)Sc1ccccc1. The number of nitrogens with zero attached hydrogens (tertiary/aromatic N) is 1. The Morgan fingerprint density at radius 3 is 2.14 bits per heavy atom. The Morgan fingerprint density at radius 2 is 1.50 bits per heavy atom. The monoisotopic (exact) mass is 523 g/mol. The van der Waals surface area contributed by atoms with Crippen molar-refractivity contribution in [3.05, 3.63) is 107 Å². The molecule has 0 N–H and O–H groups in total. The van der Waals surface area contributed by atoms with Crippen LogP contribution in [-0.4, -0.2) is 25.3 Å². The standard InChI is InChI=1S/C29H33NO4S2/c1-3-34-29(31)17-11-10-16-27(35-26-14-8-5-9-15-26)23-30(22-25-12-6-4-7-13-25)36(32,33)28-20-18-24(2)19-21-28/h4-9,12-15,18-21,23H,3,10-11,16-17,22H2,1-2H3/b27-23-. The molecule has 0 aliphatic carbocycles. The van der Waals surface area contributed by atoms with Crippen LogP contribution in [-0.2, 0) is 26.1 Å². The average molecular weight is 524 g/mol. The zero-order valence-electron chi connectivity index (χ0n) is 20.8. The van der Waals surface area contributed by atoms with Crippen molar-refractivity contribution in [3.63, 3.8) is 0 Å². The smallest absolute Gasteiger partial charge is 0.305 e. The Bertz CT molecular complexity index is 1230. The first kappa shape index (κ1) is 27.6. The van der Waals surface area contributed by atoms with Gasteiger partial charge in [-0.15, -0.1) is 0 Å². The molecule has 0 saturated carbocycles. The number of benzene rings is 3. The van der Waals surface area contributed by atoms with E-state index in [0.29, 0.717) is 25.9 Å². The number of esters is 1. The van der Waals surface area contributed by atoms with Gasteiger partial charge in [-0.05, 0) is 62.9 Å². The molecule has 0 atom stereocenters. The minimum Gasteiger partial charge on any atom is -0.466 e. The molecule has 36 heavy (non-hydrogen) atoms. The molecular weight excluding hydrogens is 490 g/mol. The van der Waals surface area contributed by atoms with Crippen molar-refractivity contribution >= 4 is 27.8 Å². The largest absolute Gasteiger partial charge is 0.466 e. The first-order valence-corrected chi connectivity index (χ1v) is 14.4. The lowest BCUT2D eigenvalue weighted by Gasteiger charge is -2.23. The maximum Gasteiger partial charge on any atom is 0.305 e. The highest BCUT2D eigenvalue weighted by molar-refractivity contribution is 8.03. The van der Waals surface area contributed by atoms with Gasteiger partial charge in [0.15, 0.2) is 0 Å². The molecule has 0 radical (unpaired) electrons. The van der Waals surface area contributed by atoms with Gasteiger partial charge < -0.3 is 4.74 Å². The van der Waals surface area contributed by atoms with E-state index in [2.05, 4.69) is 0 Å². The van der Waals surface area contributed by atoms with E-state index in [0.717, 1.165) is 27.3 Å². The summed E-state index contributed by atoms with van der Waals surface area (Å²) in [4.78, 5) is 13.9. The maximum absolute atomic E-state index is 13.7. The Kier molecular flexibility index (Phi) is 10.6. The summed E-state index contributed by atoms with van der Waals surface area (Å²) in [6.07, 6.45) is 4.17. The molecule has 5 nitrogen and oxygen atoms in total. The van der Waals surface area contributed by atoms with Crippen molar-refractivity contribution in [3.8, 4) is 0 Å². The van der Waals surface area contributed by atoms with Gasteiger partial charge in [0.25, 0.3) is 10.0 Å². The van der Waals surface area contributed by atoms with E-state index in [1.807, 2.05) is 79.7 Å². The van der Waals surface area contributed by atoms with Crippen LogP contribution < -0.4 is 0 Å². The number of carbonyl (C=O) groups is 1. The van der Waals surface area contributed by atoms with E-state index in [1.165, 1.54) is 4.31 Å². The van der Waals surface area contributed by atoms with Crippen molar-refractivity contribution in [2.24, 2.45) is 0 Å². The first-order chi connectivity index (χ1) is 17.4. The van der Waals surface area contributed by atoms with Crippen LogP contribution in [0.3, 0.4) is 0 Å². The number of allylic oxidation sites excluding steroid dienone is 1. The normalized spacial score (nSPS) is 11.8. The Hall–Kier alpha value is -3.03. The number of thioether (sulfide) groups is 1. The van der Waals surface area contributed by atoms with Crippen LogP contribution in [0, 0.1) is 6.92 Å². The molecule has 0 amide bonds. The summed E-state index contributed by atoms with van der Waals surface area (Å²) in [7, 11) is -3.79. The number of rotatable bonds is 13. The molecule has 3 aromatic carbocycles. The lowest BCUT2D eigenvalue weighted by Crippen LogP contribution is -2.26. The van der Waals surface area contributed by atoms with Gasteiger partial charge in [0, 0.05) is 22.4 Å². The maximum atomic E-state index is 13.7. The van der Waals surface area contributed by atoms with Crippen LogP contribution in [0.4, 0.5) is 0 Å². The summed E-state index contributed by atoms with van der Waals surface area (Å²) in [6.45, 7) is 4.33. The van der Waals surface area contributed by atoms with Gasteiger partial charge in [-0.1, -0.05) is 78.0 Å². The van der Waals surface area contributed by atoms with Crippen LogP contribution in [0.15, 0.2) is 106 Å². The summed E-state index contributed by atoms with van der Waals surface area (Å²) >= 11 is 1.55. The van der Waals surface area contributed by atoms with E-state index >= 15 is 0 Å². The van der Waals surface area contributed by atoms with Crippen molar-refractivity contribution in [2.45, 2.75) is 55.9 Å². The van der Waals surface area contributed by atoms with Gasteiger partial charge in [0.05, 0.1) is 18.0 Å². The second-order valence-electron chi connectivity index (χ2n) is 8.37. The van der Waals surface area contributed by atoms with Crippen molar-refractivity contribution in [2.75, 3.05) is 6.61 Å². The van der Waals surface area contributed by atoms with Crippen LogP contribution in [0.2, 0.25) is 0 Å². The van der Waals surface area contributed by atoms with Gasteiger partial charge in [-0.2, -0.15) is 0 Å². The second kappa shape index (κ2) is 13.9. The Balaban J connectivity index is 1.91. The molecule has 0 saturated heterocycles. The number of ether oxygens (including phenoxy) is 1. The third-order valence-electron chi connectivity index (χ3n) is 5.45. The van der Waals surface area contributed by atoms with Gasteiger partial charge in [0.2, 0.25) is 0 Å². The van der Waals surface area contributed by atoms with Gasteiger partial charge in [0.1, 0.15) is 0 Å². The summed E-state index contributed by atoms with van der Waals surface area (Å²) < 4.78 is 33.9. The minimum absolute atomic E-state index is 0.202. The van der Waals surface area contributed by atoms with Gasteiger partial charge in [-0.3, -0.25) is 9.10 Å². The lowest BCUT2D eigenvalue weighted by atomic mass is 10.2. The lowest BCUT2D eigenvalue weighted by molar-refractivity contribution is -0.143. The molecule has 0 aliphatic rings. The van der Waals surface area contributed by atoms with Crippen LogP contribution in [0.5, 0.6) is 0 Å². The molecule has 0 heterocycles. The highest BCUT2D eigenvalue weighted by atomic mass is 32.2. The Labute approximate surface area is 219 Å². The van der Waals surface area contributed by atoms with E-state index in [-0.39, 0.29) is 17.4 Å². The van der Waals surface area contributed by atoms with Crippen LogP contribution >= 0.6 is 11.8 Å². The number of carbonyl (C=O) groups excluding carboxylic acids is 1. The van der Waals surface area contributed by atoms with E-state index in [4.69, 9.17) is 4.74 Å². The zero-order chi connectivity index (χ0) is 25.8. The molecule has 0 aromatic heterocycles. The summed E-state index contributed by atoms with van der Waals surface area (Å²) in [5.74, 6) is -0.202. The second-order valence-corrected chi connectivity index (χ2v) is 11.5. The quantitative estimate of drug-likeness (QED) is 0.138. The molecule has 3 aromatic rings. The van der Waals surface area contributed by atoms with Crippen molar-refractivity contribution in [1.29, 1.82) is 0 Å². The fourth-order valence-corrected chi connectivity index (χ4v) is 5.98. The molecule has 7 heteroatoms. The van der Waals surface area contributed by atoms with E-state index < -0.39 is 10.0 Å². The topological polar surface area (TPSA) is 63.7 Å². The predicted octanol–water partition coefficient (Wildman–Crippen LogP) is 6.94. The van der Waals surface area contributed by atoms with Gasteiger partial charge >= 0.3 is 5.97 Å². The highest BCUT2D eigenvalue weighted by Gasteiger charge is 2.23. The Morgan fingerprint density at radius 1 is 0.889 bits per heavy atom. The third kappa shape index (κ3) is 8.57. The number of sulfonamides is 1. The summed E-state index contributed by atoms with van der Waals surface area (Å²) in [5, 5.41) is 0. The molecule has 0 spiro atoms. The third-order valence-corrected chi connectivity index (χ3v) is 8.25. The molecule has 0 fully saturated rings. The van der Waals surface area contributed by atoms with Crippen LogP contribution in [0.1, 0.15) is 43.7 Å². The van der Waals surface area contributed by atoms with Crippen molar-refractivity contribution in [1.82, 2.24) is 4.31 Å². The number of hydrogen-bond donors (Lipinski definition) is 0. The summed E-state index contributed by atoms with van der Waals surface area (Å²) in [6, 6.07) is 26.4.